The number of hydrogen-bond donors (Lipinski definition) is 2. The van der Waals surface area contributed by atoms with Crippen LogP contribution in [0.25, 0.3) is 0 Å². The monoisotopic (exact) mass is 313 g/mol. The van der Waals surface area contributed by atoms with Gasteiger partial charge in [0.25, 0.3) is 0 Å². The molecule has 0 saturated heterocycles. The van der Waals surface area contributed by atoms with Crippen molar-refractivity contribution in [3.05, 3.63) is 41.5 Å². The van der Waals surface area contributed by atoms with Crippen molar-refractivity contribution < 1.29 is 13.2 Å². The minimum atomic E-state index is -4.47. The van der Waals surface area contributed by atoms with Crippen molar-refractivity contribution in [3.8, 4) is 0 Å². The van der Waals surface area contributed by atoms with E-state index >= 15 is 0 Å². The predicted molar refractivity (Wildman–Crippen MR) is 75.2 cm³/mol. The Labute approximate surface area is 123 Å². The van der Waals surface area contributed by atoms with Gasteiger partial charge in [-0.25, -0.2) is 15.0 Å². The molecule has 2 heterocycles. The van der Waals surface area contributed by atoms with Gasteiger partial charge in [-0.1, -0.05) is 12.2 Å². The molecule has 2 aromatic rings. The van der Waals surface area contributed by atoms with Crippen molar-refractivity contribution in [2.24, 2.45) is 5.73 Å². The first kappa shape index (κ1) is 15.1. The molecule has 3 N–H and O–H groups in total. The number of aryl methyl sites for hydroxylation is 1. The van der Waals surface area contributed by atoms with Crippen LogP contribution in [0.5, 0.6) is 0 Å². The molecule has 0 aliphatic rings. The number of pyridine rings is 1. The Kier molecular flexibility index (Phi) is 4.03. The van der Waals surface area contributed by atoms with E-state index in [2.05, 4.69) is 20.3 Å². The zero-order valence-corrected chi connectivity index (χ0v) is 11.6. The van der Waals surface area contributed by atoms with E-state index in [0.717, 1.165) is 12.3 Å². The fourth-order valence-corrected chi connectivity index (χ4v) is 1.62. The normalized spacial score (nSPS) is 11.2. The molecule has 0 amide bonds. The summed E-state index contributed by atoms with van der Waals surface area (Å²) in [5.74, 6) is 0.180. The van der Waals surface area contributed by atoms with Crippen LogP contribution >= 0.6 is 12.2 Å². The molecular weight excluding hydrogens is 303 g/mol. The Morgan fingerprint density at radius 1 is 1.29 bits per heavy atom. The molecule has 0 bridgehead atoms. The third-order valence-corrected chi connectivity index (χ3v) is 2.63. The Hall–Kier alpha value is -2.29. The van der Waals surface area contributed by atoms with Crippen LogP contribution in [-0.4, -0.2) is 19.9 Å². The third-order valence-electron chi connectivity index (χ3n) is 2.42. The van der Waals surface area contributed by atoms with Gasteiger partial charge in [0.05, 0.1) is 11.9 Å². The van der Waals surface area contributed by atoms with E-state index in [0.29, 0.717) is 17.1 Å². The maximum atomic E-state index is 12.4. The SMILES string of the molecule is Cc1cc(C(N)=S)nc(Nc2ccc(C(F)(F)F)nc2)n1. The van der Waals surface area contributed by atoms with Crippen molar-refractivity contribution in [3.63, 3.8) is 0 Å². The van der Waals surface area contributed by atoms with Gasteiger partial charge in [0, 0.05) is 5.69 Å². The van der Waals surface area contributed by atoms with Gasteiger partial charge in [-0.3, -0.25) is 0 Å². The number of nitrogens with two attached hydrogens (primary N) is 1. The quantitative estimate of drug-likeness (QED) is 0.848. The van der Waals surface area contributed by atoms with Gasteiger partial charge in [-0.15, -0.1) is 0 Å². The molecule has 0 aliphatic heterocycles. The summed E-state index contributed by atoms with van der Waals surface area (Å²) in [4.78, 5) is 11.6. The lowest BCUT2D eigenvalue weighted by atomic mass is 10.3. The van der Waals surface area contributed by atoms with E-state index in [4.69, 9.17) is 18.0 Å². The van der Waals surface area contributed by atoms with Gasteiger partial charge in [0.15, 0.2) is 0 Å². The number of aromatic nitrogens is 3. The molecule has 9 heteroatoms. The van der Waals surface area contributed by atoms with Crippen LogP contribution < -0.4 is 11.1 Å². The average Bonchev–Trinajstić information content (AvgIpc) is 2.37. The van der Waals surface area contributed by atoms with Crippen LogP contribution in [-0.2, 0) is 6.18 Å². The molecular formula is C12H10F3N5S. The molecule has 2 aromatic heterocycles. The lowest BCUT2D eigenvalue weighted by molar-refractivity contribution is -0.141. The number of hydrogen-bond acceptors (Lipinski definition) is 5. The minimum Gasteiger partial charge on any atom is -0.388 e. The summed E-state index contributed by atoms with van der Waals surface area (Å²) in [6.07, 6.45) is -3.42. The van der Waals surface area contributed by atoms with E-state index in [-0.39, 0.29) is 10.9 Å². The van der Waals surface area contributed by atoms with E-state index in [1.807, 2.05) is 0 Å². The van der Waals surface area contributed by atoms with E-state index in [1.54, 1.807) is 13.0 Å². The number of thiocarbonyl (C=S) groups is 1. The molecule has 2 rings (SSSR count). The summed E-state index contributed by atoms with van der Waals surface area (Å²) < 4.78 is 37.2. The van der Waals surface area contributed by atoms with Crippen LogP contribution in [0, 0.1) is 6.92 Å². The summed E-state index contributed by atoms with van der Waals surface area (Å²) in [6, 6.07) is 3.72. The second-order valence-electron chi connectivity index (χ2n) is 4.14. The maximum absolute atomic E-state index is 12.4. The Bertz CT molecular complexity index is 670. The van der Waals surface area contributed by atoms with Gasteiger partial charge in [-0.05, 0) is 25.1 Å². The standard InChI is InChI=1S/C12H10F3N5S/c1-6-4-8(10(16)21)20-11(18-6)19-7-2-3-9(17-5-7)12(13,14)15/h2-5H,1H3,(H2,16,21)(H,18,19,20). The number of rotatable bonds is 3. The zero-order chi connectivity index (χ0) is 15.6. The molecule has 21 heavy (non-hydrogen) atoms. The predicted octanol–water partition coefficient (Wildman–Crippen LogP) is 2.58. The zero-order valence-electron chi connectivity index (χ0n) is 10.8. The van der Waals surface area contributed by atoms with Gasteiger partial charge < -0.3 is 11.1 Å². The molecule has 0 aromatic carbocycles. The molecule has 0 fully saturated rings. The smallest absolute Gasteiger partial charge is 0.388 e. The highest BCUT2D eigenvalue weighted by Crippen LogP contribution is 2.28. The molecule has 0 aliphatic carbocycles. The van der Waals surface area contributed by atoms with Crippen LogP contribution in [0.2, 0.25) is 0 Å². The number of nitrogens with zero attached hydrogens (tertiary/aromatic N) is 3. The highest BCUT2D eigenvalue weighted by atomic mass is 32.1. The molecule has 0 unspecified atom stereocenters. The van der Waals surface area contributed by atoms with Crippen molar-refractivity contribution in [1.29, 1.82) is 0 Å². The van der Waals surface area contributed by atoms with Crippen LogP contribution in [0.1, 0.15) is 17.1 Å². The van der Waals surface area contributed by atoms with Crippen molar-refractivity contribution in [1.82, 2.24) is 15.0 Å². The molecule has 0 radical (unpaired) electrons. The third kappa shape index (κ3) is 3.85. The Balaban J connectivity index is 2.24. The highest BCUT2D eigenvalue weighted by molar-refractivity contribution is 7.80. The summed E-state index contributed by atoms with van der Waals surface area (Å²) in [5, 5.41) is 2.75. The van der Waals surface area contributed by atoms with Crippen molar-refractivity contribution in [2.75, 3.05) is 5.32 Å². The van der Waals surface area contributed by atoms with Crippen molar-refractivity contribution in [2.45, 2.75) is 13.1 Å². The first-order chi connectivity index (χ1) is 9.75. The lowest BCUT2D eigenvalue weighted by Gasteiger charge is -2.09. The first-order valence-corrected chi connectivity index (χ1v) is 6.12. The Morgan fingerprint density at radius 2 is 2.00 bits per heavy atom. The Morgan fingerprint density at radius 3 is 2.52 bits per heavy atom. The van der Waals surface area contributed by atoms with Crippen molar-refractivity contribution >= 4 is 28.8 Å². The number of nitrogens with one attached hydrogen (secondary N) is 1. The second-order valence-corrected chi connectivity index (χ2v) is 4.58. The van der Waals surface area contributed by atoms with E-state index in [1.165, 1.54) is 6.07 Å². The number of anilines is 2. The average molecular weight is 313 g/mol. The van der Waals surface area contributed by atoms with Gasteiger partial charge in [0.1, 0.15) is 16.4 Å². The summed E-state index contributed by atoms with van der Waals surface area (Å²) in [6.45, 7) is 1.72. The minimum absolute atomic E-state index is 0.106. The number of alkyl halides is 3. The largest absolute Gasteiger partial charge is 0.433 e. The van der Waals surface area contributed by atoms with Gasteiger partial charge in [-0.2, -0.15) is 13.2 Å². The molecule has 0 saturated carbocycles. The summed E-state index contributed by atoms with van der Waals surface area (Å²) in [7, 11) is 0. The summed E-state index contributed by atoms with van der Waals surface area (Å²) >= 11 is 4.83. The summed E-state index contributed by atoms with van der Waals surface area (Å²) in [5.41, 5.74) is 5.84. The molecule has 0 atom stereocenters. The van der Waals surface area contributed by atoms with Crippen LogP contribution in [0.15, 0.2) is 24.4 Å². The van der Waals surface area contributed by atoms with E-state index in [9.17, 15) is 13.2 Å². The lowest BCUT2D eigenvalue weighted by Crippen LogP contribution is -2.14. The van der Waals surface area contributed by atoms with Crippen LogP contribution in [0.4, 0.5) is 24.8 Å². The van der Waals surface area contributed by atoms with Crippen LogP contribution in [0.3, 0.4) is 0 Å². The fraction of sp³-hybridized carbons (Fsp3) is 0.167. The van der Waals surface area contributed by atoms with E-state index < -0.39 is 11.9 Å². The van der Waals surface area contributed by atoms with Gasteiger partial charge in [0.2, 0.25) is 5.95 Å². The molecule has 0 spiro atoms. The molecule has 110 valence electrons. The maximum Gasteiger partial charge on any atom is 0.433 e. The highest BCUT2D eigenvalue weighted by Gasteiger charge is 2.32. The first-order valence-electron chi connectivity index (χ1n) is 5.71. The fourth-order valence-electron chi connectivity index (χ4n) is 1.52. The second kappa shape index (κ2) is 5.60. The van der Waals surface area contributed by atoms with Gasteiger partial charge >= 0.3 is 6.18 Å². The molecule has 5 nitrogen and oxygen atoms in total. The number of halogens is 3. The topological polar surface area (TPSA) is 76.7 Å².